The van der Waals surface area contributed by atoms with E-state index >= 15 is 0 Å². The summed E-state index contributed by atoms with van der Waals surface area (Å²) in [6.07, 6.45) is 2.69. The highest BCUT2D eigenvalue weighted by molar-refractivity contribution is 6.31. The molecule has 1 aromatic heterocycles. The lowest BCUT2D eigenvalue weighted by molar-refractivity contribution is -0.146. The molecule has 27 heavy (non-hydrogen) atoms. The van der Waals surface area contributed by atoms with Crippen LogP contribution in [0.2, 0.25) is 5.02 Å². The maximum Gasteiger partial charge on any atom is 0.310 e. The van der Waals surface area contributed by atoms with E-state index < -0.39 is 24.3 Å². The lowest BCUT2D eigenvalue weighted by Gasteiger charge is -2.11. The molecule has 0 unspecified atom stereocenters. The highest BCUT2D eigenvalue weighted by atomic mass is 35.5. The Bertz CT molecular complexity index is 963. The van der Waals surface area contributed by atoms with Gasteiger partial charge >= 0.3 is 5.97 Å². The minimum absolute atomic E-state index is 0.133. The van der Waals surface area contributed by atoms with Gasteiger partial charge < -0.3 is 10.1 Å². The quantitative estimate of drug-likeness (QED) is 0.656. The molecule has 0 saturated carbocycles. The molecule has 3 aromatic rings. The molecule has 9 heteroatoms. The van der Waals surface area contributed by atoms with Crippen molar-refractivity contribution in [2.24, 2.45) is 0 Å². The molecule has 0 saturated heterocycles. The van der Waals surface area contributed by atoms with Crippen molar-refractivity contribution in [3.05, 3.63) is 71.5 Å². The van der Waals surface area contributed by atoms with E-state index in [1.165, 1.54) is 35.5 Å². The van der Waals surface area contributed by atoms with Crippen molar-refractivity contribution in [3.63, 3.8) is 0 Å². The first-order valence-electron chi connectivity index (χ1n) is 7.86. The van der Waals surface area contributed by atoms with Gasteiger partial charge in [-0.25, -0.2) is 14.1 Å². The summed E-state index contributed by atoms with van der Waals surface area (Å²) in [7, 11) is 0. The fourth-order valence-corrected chi connectivity index (χ4v) is 2.51. The highest BCUT2D eigenvalue weighted by Gasteiger charge is 2.13. The number of carbonyl (C=O) groups excluding carboxylic acids is 2. The summed E-state index contributed by atoms with van der Waals surface area (Å²) in [5.74, 6) is -1.63. The van der Waals surface area contributed by atoms with Gasteiger partial charge in [-0.15, -0.1) is 0 Å². The van der Waals surface area contributed by atoms with Gasteiger partial charge in [-0.1, -0.05) is 23.7 Å². The predicted molar refractivity (Wildman–Crippen MR) is 96.1 cm³/mol. The maximum absolute atomic E-state index is 13.1. The Balaban J connectivity index is 1.60. The zero-order chi connectivity index (χ0) is 19.2. The summed E-state index contributed by atoms with van der Waals surface area (Å²) in [6.45, 7) is -0.489. The summed E-state index contributed by atoms with van der Waals surface area (Å²) >= 11 is 5.98. The van der Waals surface area contributed by atoms with Crippen LogP contribution in [0.5, 0.6) is 0 Å². The van der Waals surface area contributed by atoms with Crippen LogP contribution in [0.1, 0.15) is 5.56 Å². The van der Waals surface area contributed by atoms with Crippen LogP contribution in [-0.4, -0.2) is 33.2 Å². The van der Waals surface area contributed by atoms with E-state index in [4.69, 9.17) is 16.3 Å². The van der Waals surface area contributed by atoms with Crippen molar-refractivity contribution >= 4 is 29.2 Å². The number of ether oxygens (including phenoxy) is 1. The molecule has 7 nitrogen and oxygen atoms in total. The van der Waals surface area contributed by atoms with E-state index in [9.17, 15) is 14.0 Å². The van der Waals surface area contributed by atoms with Gasteiger partial charge in [0.1, 0.15) is 18.5 Å². The molecule has 0 spiro atoms. The van der Waals surface area contributed by atoms with Crippen molar-refractivity contribution in [2.45, 2.75) is 6.42 Å². The fraction of sp³-hybridized carbons (Fsp3) is 0.111. The Hall–Kier alpha value is -3.26. The van der Waals surface area contributed by atoms with Crippen LogP contribution in [-0.2, 0) is 20.7 Å². The number of nitrogens with zero attached hydrogens (tertiary/aromatic N) is 3. The second kappa shape index (κ2) is 8.41. The molecule has 1 heterocycles. The van der Waals surface area contributed by atoms with Crippen molar-refractivity contribution in [1.82, 2.24) is 14.8 Å². The van der Waals surface area contributed by atoms with Crippen molar-refractivity contribution < 1.29 is 18.7 Å². The van der Waals surface area contributed by atoms with Gasteiger partial charge in [0.2, 0.25) is 0 Å². The van der Waals surface area contributed by atoms with Gasteiger partial charge in [0.05, 0.1) is 17.8 Å². The first-order chi connectivity index (χ1) is 13.0. The third-order valence-corrected chi connectivity index (χ3v) is 3.74. The second-order valence-electron chi connectivity index (χ2n) is 5.52. The van der Waals surface area contributed by atoms with Crippen LogP contribution in [0.15, 0.2) is 55.1 Å². The van der Waals surface area contributed by atoms with E-state index in [0.29, 0.717) is 22.0 Å². The number of rotatable bonds is 6. The second-order valence-corrected chi connectivity index (χ2v) is 5.95. The van der Waals surface area contributed by atoms with Gasteiger partial charge in [-0.3, -0.25) is 9.59 Å². The van der Waals surface area contributed by atoms with Crippen molar-refractivity contribution in [2.75, 3.05) is 11.9 Å². The lowest BCUT2D eigenvalue weighted by Crippen LogP contribution is -2.22. The number of halogens is 2. The molecule has 0 aliphatic heterocycles. The van der Waals surface area contributed by atoms with E-state index in [2.05, 4.69) is 15.4 Å². The number of benzene rings is 2. The molecule has 0 aliphatic rings. The standard InChI is InChI=1S/C18H14ClFN4O3/c19-13-4-5-16(24-11-21-10-22-24)15(8-13)23-17(25)9-27-18(26)7-12-2-1-3-14(20)6-12/h1-6,8,10-11H,7,9H2,(H,23,25). The zero-order valence-corrected chi connectivity index (χ0v) is 14.7. The van der Waals surface area contributed by atoms with E-state index in [1.54, 1.807) is 24.3 Å². The number of aromatic nitrogens is 3. The van der Waals surface area contributed by atoms with Crippen LogP contribution < -0.4 is 5.32 Å². The number of amides is 1. The molecular weight excluding hydrogens is 375 g/mol. The molecule has 1 N–H and O–H groups in total. The Morgan fingerprint density at radius 3 is 2.81 bits per heavy atom. The molecule has 0 aliphatic carbocycles. The average Bonchev–Trinajstić information content (AvgIpc) is 3.14. The molecule has 138 valence electrons. The van der Waals surface area contributed by atoms with Gasteiger partial charge in [0.15, 0.2) is 6.61 Å². The van der Waals surface area contributed by atoms with Gasteiger partial charge in [-0.05, 0) is 35.9 Å². The average molecular weight is 389 g/mol. The summed E-state index contributed by atoms with van der Waals surface area (Å²) in [5, 5.41) is 7.04. The molecule has 1 amide bonds. The van der Waals surface area contributed by atoms with E-state index in [0.717, 1.165) is 0 Å². The van der Waals surface area contributed by atoms with Gasteiger partial charge in [0, 0.05) is 5.02 Å². The molecule has 0 bridgehead atoms. The third kappa shape index (κ3) is 5.11. The van der Waals surface area contributed by atoms with Crippen molar-refractivity contribution in [3.8, 4) is 5.69 Å². The number of hydrogen-bond donors (Lipinski definition) is 1. The minimum atomic E-state index is -0.640. The van der Waals surface area contributed by atoms with Crippen LogP contribution in [0.4, 0.5) is 10.1 Å². The first kappa shape index (κ1) is 18.5. The zero-order valence-electron chi connectivity index (χ0n) is 13.9. The summed E-state index contributed by atoms with van der Waals surface area (Å²) in [6, 6.07) is 10.5. The van der Waals surface area contributed by atoms with E-state index in [1.807, 2.05) is 0 Å². The van der Waals surface area contributed by atoms with Crippen LogP contribution in [0.25, 0.3) is 5.69 Å². The Kier molecular flexibility index (Phi) is 5.77. The van der Waals surface area contributed by atoms with Crippen LogP contribution >= 0.6 is 11.6 Å². The number of esters is 1. The maximum atomic E-state index is 13.1. The number of nitrogens with one attached hydrogen (secondary N) is 1. The number of carbonyl (C=O) groups is 2. The molecule has 0 atom stereocenters. The lowest BCUT2D eigenvalue weighted by atomic mass is 10.1. The van der Waals surface area contributed by atoms with Gasteiger partial charge in [0.25, 0.3) is 5.91 Å². The Labute approximate surface area is 158 Å². The normalized spacial score (nSPS) is 10.4. The molecule has 2 aromatic carbocycles. The number of hydrogen-bond acceptors (Lipinski definition) is 5. The Morgan fingerprint density at radius 2 is 2.07 bits per heavy atom. The SMILES string of the molecule is O=C(COC(=O)Cc1cccc(F)c1)Nc1cc(Cl)ccc1-n1cncn1. The van der Waals surface area contributed by atoms with Crippen LogP contribution in [0, 0.1) is 5.82 Å². The topological polar surface area (TPSA) is 86.1 Å². The summed E-state index contributed by atoms with van der Waals surface area (Å²) in [5.41, 5.74) is 1.40. The molecular formula is C18H14ClFN4O3. The van der Waals surface area contributed by atoms with Crippen LogP contribution in [0.3, 0.4) is 0 Å². The summed E-state index contributed by atoms with van der Waals surface area (Å²) < 4.78 is 19.5. The van der Waals surface area contributed by atoms with E-state index in [-0.39, 0.29) is 6.42 Å². The fourth-order valence-electron chi connectivity index (χ4n) is 2.34. The largest absolute Gasteiger partial charge is 0.455 e. The molecule has 0 radical (unpaired) electrons. The number of anilines is 1. The smallest absolute Gasteiger partial charge is 0.310 e. The summed E-state index contributed by atoms with van der Waals surface area (Å²) in [4.78, 5) is 27.8. The predicted octanol–water partition coefficient (Wildman–Crippen LogP) is 2.78. The first-order valence-corrected chi connectivity index (χ1v) is 8.23. The monoisotopic (exact) mass is 388 g/mol. The third-order valence-electron chi connectivity index (χ3n) is 3.50. The van der Waals surface area contributed by atoms with Crippen molar-refractivity contribution in [1.29, 1.82) is 0 Å². The highest BCUT2D eigenvalue weighted by Crippen LogP contribution is 2.23. The van der Waals surface area contributed by atoms with Gasteiger partial charge in [-0.2, -0.15) is 5.10 Å². The molecule has 0 fully saturated rings. The molecule has 3 rings (SSSR count). The Morgan fingerprint density at radius 1 is 1.22 bits per heavy atom. The minimum Gasteiger partial charge on any atom is -0.455 e.